The molecule has 0 radical (unpaired) electrons. The molecule has 0 heterocycles. The summed E-state index contributed by atoms with van der Waals surface area (Å²) >= 11 is 0. The Balaban J connectivity index is 3.85. The van der Waals surface area contributed by atoms with Crippen LogP contribution in [0, 0.1) is 0 Å². The largest absolute Gasteiger partial charge is 0.477 e. The van der Waals surface area contributed by atoms with E-state index in [1.807, 2.05) is 21.1 Å². The second kappa shape index (κ2) is 61.4. The van der Waals surface area contributed by atoms with Crippen LogP contribution in [0.15, 0.2) is 0 Å². The van der Waals surface area contributed by atoms with Crippen LogP contribution >= 0.6 is 0 Å². The number of hydrogen-bond donors (Lipinski definition) is 1. The molecule has 78 heavy (non-hydrogen) atoms. The highest BCUT2D eigenvalue weighted by Gasteiger charge is 2.25. The van der Waals surface area contributed by atoms with Gasteiger partial charge in [0.15, 0.2) is 6.10 Å². The Morgan fingerprint density at radius 3 is 0.821 bits per heavy atom. The molecular formula is C69H136NO8+. The summed E-state index contributed by atoms with van der Waals surface area (Å²) in [5.41, 5.74) is 0. The third kappa shape index (κ3) is 61.9. The van der Waals surface area contributed by atoms with Crippen molar-refractivity contribution in [1.29, 1.82) is 0 Å². The van der Waals surface area contributed by atoms with Crippen molar-refractivity contribution in [1.82, 2.24) is 0 Å². The number of hydrogen-bond acceptors (Lipinski definition) is 7. The number of unbranched alkanes of at least 4 members (excludes halogenated alkanes) is 51. The molecule has 2 unspecified atom stereocenters. The second-order valence-corrected chi connectivity index (χ2v) is 25.2. The molecule has 0 bridgehead atoms. The zero-order chi connectivity index (χ0) is 56.9. The molecule has 0 aromatic carbocycles. The molecule has 464 valence electrons. The minimum Gasteiger partial charge on any atom is -0.477 e. The van der Waals surface area contributed by atoms with Gasteiger partial charge in [0.2, 0.25) is 0 Å². The lowest BCUT2D eigenvalue weighted by molar-refractivity contribution is -0.870. The normalized spacial score (nSPS) is 12.6. The van der Waals surface area contributed by atoms with E-state index in [0.717, 1.165) is 38.5 Å². The number of rotatable bonds is 66. The van der Waals surface area contributed by atoms with Crippen LogP contribution < -0.4 is 0 Å². The van der Waals surface area contributed by atoms with E-state index < -0.39 is 18.4 Å². The summed E-state index contributed by atoms with van der Waals surface area (Å²) in [6.45, 7) is 4.95. The first-order valence-electron chi connectivity index (χ1n) is 34.7. The van der Waals surface area contributed by atoms with Crippen LogP contribution in [-0.2, 0) is 33.3 Å². The first-order chi connectivity index (χ1) is 38.1. The average molecular weight is 1110 g/mol. The van der Waals surface area contributed by atoms with E-state index in [0.29, 0.717) is 17.4 Å². The van der Waals surface area contributed by atoms with Gasteiger partial charge in [0, 0.05) is 12.8 Å². The molecular weight excluding hydrogens is 971 g/mol. The first-order valence-corrected chi connectivity index (χ1v) is 34.7. The van der Waals surface area contributed by atoms with Gasteiger partial charge in [-0.3, -0.25) is 9.59 Å². The van der Waals surface area contributed by atoms with Gasteiger partial charge in [0.1, 0.15) is 13.2 Å². The minimum absolute atomic E-state index is 0.173. The summed E-state index contributed by atoms with van der Waals surface area (Å²) in [7, 11) is 5.99. The molecule has 0 rings (SSSR count). The zero-order valence-corrected chi connectivity index (χ0v) is 53.1. The van der Waals surface area contributed by atoms with Crippen molar-refractivity contribution in [2.24, 2.45) is 0 Å². The molecule has 9 heteroatoms. The van der Waals surface area contributed by atoms with Gasteiger partial charge in [-0.2, -0.15) is 0 Å². The van der Waals surface area contributed by atoms with E-state index in [2.05, 4.69) is 13.8 Å². The Hall–Kier alpha value is -1.71. The van der Waals surface area contributed by atoms with Crippen molar-refractivity contribution in [3.05, 3.63) is 0 Å². The third-order valence-electron chi connectivity index (χ3n) is 16.1. The SMILES string of the molecule is CCCCCCCCCCCCCCCCCCCCCCCCCCCCCCCCCCCCCCCCCCC(=O)OC(COC(=O)CCCCCCCCCCCCCCC)COC(OCC[N+](C)(C)C)C(=O)O. The number of aliphatic carboxylic acids is 1. The van der Waals surface area contributed by atoms with Crippen LogP contribution in [0.25, 0.3) is 0 Å². The maximum atomic E-state index is 12.9. The number of quaternary nitrogens is 1. The van der Waals surface area contributed by atoms with Crippen molar-refractivity contribution < 1.29 is 42.9 Å². The summed E-state index contributed by atoms with van der Waals surface area (Å²) in [6.07, 6.45) is 69.7. The standard InChI is InChI=1S/C69H135NO8/c1-6-8-10-12-14-16-18-20-21-22-23-24-25-26-27-28-29-30-31-32-33-34-35-36-37-38-39-40-41-42-43-44-45-46-48-50-52-54-56-58-60-67(72)78-65(64-77-69(68(73)74)75-62-61-70(3,4)5)63-76-66(71)59-57-55-53-51-49-47-19-17-15-13-11-9-7-2/h65,69H,6-64H2,1-5H3/p+1. The fourth-order valence-corrected chi connectivity index (χ4v) is 10.8. The summed E-state index contributed by atoms with van der Waals surface area (Å²) < 4.78 is 22.9. The predicted octanol–water partition coefficient (Wildman–Crippen LogP) is 21.1. The lowest BCUT2D eigenvalue weighted by atomic mass is 10.0. The van der Waals surface area contributed by atoms with Crippen molar-refractivity contribution in [3.8, 4) is 0 Å². The second-order valence-electron chi connectivity index (χ2n) is 25.2. The molecule has 0 spiro atoms. The number of carbonyl (C=O) groups excluding carboxylic acids is 2. The highest BCUT2D eigenvalue weighted by atomic mass is 16.7. The number of likely N-dealkylation sites (N-methyl/N-ethyl adjacent to an activating group) is 1. The van der Waals surface area contributed by atoms with Crippen LogP contribution in [0.4, 0.5) is 0 Å². The monoisotopic (exact) mass is 1110 g/mol. The highest BCUT2D eigenvalue weighted by Crippen LogP contribution is 2.19. The maximum Gasteiger partial charge on any atom is 0.361 e. The summed E-state index contributed by atoms with van der Waals surface area (Å²) in [5.74, 6) is -1.97. The highest BCUT2D eigenvalue weighted by molar-refractivity contribution is 5.71. The molecule has 0 aliphatic carbocycles. The first kappa shape index (κ1) is 76.3. The minimum atomic E-state index is -1.50. The predicted molar refractivity (Wildman–Crippen MR) is 332 cm³/mol. The summed E-state index contributed by atoms with van der Waals surface area (Å²) in [5, 5.41) is 9.71. The summed E-state index contributed by atoms with van der Waals surface area (Å²) in [6, 6.07) is 0. The average Bonchev–Trinajstić information content (AvgIpc) is 3.41. The zero-order valence-electron chi connectivity index (χ0n) is 53.1. The van der Waals surface area contributed by atoms with Crippen LogP contribution in [0.5, 0.6) is 0 Å². The molecule has 0 fully saturated rings. The van der Waals surface area contributed by atoms with Gasteiger partial charge in [0.25, 0.3) is 6.29 Å². The van der Waals surface area contributed by atoms with Crippen LogP contribution in [0.1, 0.15) is 367 Å². The smallest absolute Gasteiger partial charge is 0.361 e. The Bertz CT molecular complexity index is 1240. The van der Waals surface area contributed by atoms with Gasteiger partial charge in [-0.05, 0) is 12.8 Å². The molecule has 0 saturated carbocycles. The Kier molecular flexibility index (Phi) is 60.0. The fourth-order valence-electron chi connectivity index (χ4n) is 10.8. The number of carbonyl (C=O) groups is 3. The number of nitrogens with zero attached hydrogens (tertiary/aromatic N) is 1. The molecule has 9 nitrogen and oxygen atoms in total. The topological polar surface area (TPSA) is 108 Å². The van der Waals surface area contributed by atoms with Crippen molar-refractivity contribution in [2.75, 3.05) is 47.5 Å². The van der Waals surface area contributed by atoms with Crippen LogP contribution in [0.2, 0.25) is 0 Å². The Labute approximate surface area is 485 Å². The van der Waals surface area contributed by atoms with Crippen molar-refractivity contribution in [3.63, 3.8) is 0 Å². The molecule has 0 aliphatic heterocycles. The van der Waals surface area contributed by atoms with E-state index in [1.54, 1.807) is 0 Å². The number of carboxylic acids is 1. The number of carboxylic acid groups (broad SMARTS) is 1. The Morgan fingerprint density at radius 1 is 0.333 bits per heavy atom. The number of esters is 2. The van der Waals surface area contributed by atoms with E-state index >= 15 is 0 Å². The van der Waals surface area contributed by atoms with E-state index in [4.69, 9.17) is 18.9 Å². The van der Waals surface area contributed by atoms with Crippen LogP contribution in [0.3, 0.4) is 0 Å². The molecule has 0 saturated heterocycles. The molecule has 0 amide bonds. The third-order valence-corrected chi connectivity index (χ3v) is 16.1. The van der Waals surface area contributed by atoms with Gasteiger partial charge in [-0.1, -0.05) is 341 Å². The fraction of sp³-hybridized carbons (Fsp3) is 0.957. The lowest BCUT2D eigenvalue weighted by Crippen LogP contribution is -2.40. The van der Waals surface area contributed by atoms with E-state index in [9.17, 15) is 19.5 Å². The van der Waals surface area contributed by atoms with Crippen LogP contribution in [-0.4, -0.2) is 87.4 Å². The maximum absolute atomic E-state index is 12.9. The summed E-state index contributed by atoms with van der Waals surface area (Å²) in [4.78, 5) is 37.4. The quantitative estimate of drug-likeness (QED) is 0.0278. The van der Waals surface area contributed by atoms with Gasteiger partial charge in [0.05, 0.1) is 34.4 Å². The molecule has 0 aliphatic rings. The molecule has 0 aromatic rings. The van der Waals surface area contributed by atoms with Crippen molar-refractivity contribution in [2.45, 2.75) is 379 Å². The van der Waals surface area contributed by atoms with E-state index in [-0.39, 0.29) is 38.2 Å². The number of ether oxygens (including phenoxy) is 4. The van der Waals surface area contributed by atoms with Gasteiger partial charge in [-0.15, -0.1) is 0 Å². The van der Waals surface area contributed by atoms with E-state index in [1.165, 1.54) is 302 Å². The lowest BCUT2D eigenvalue weighted by Gasteiger charge is -2.25. The Morgan fingerprint density at radius 2 is 0.577 bits per heavy atom. The molecule has 2 atom stereocenters. The van der Waals surface area contributed by atoms with Gasteiger partial charge < -0.3 is 28.5 Å². The van der Waals surface area contributed by atoms with Gasteiger partial charge >= 0.3 is 17.9 Å². The van der Waals surface area contributed by atoms with Gasteiger partial charge in [-0.25, -0.2) is 4.79 Å². The molecule has 0 aromatic heterocycles. The van der Waals surface area contributed by atoms with Crippen molar-refractivity contribution >= 4 is 17.9 Å². The molecule has 1 N–H and O–H groups in total.